The van der Waals surface area contributed by atoms with Gasteiger partial charge in [-0.25, -0.2) is 10.1 Å². The SMILES string of the molecule is Cc1nc(-c2ccncc2)sc1-c1n[nH]c(=S)o1. The molecule has 5 nitrogen and oxygen atoms in total. The minimum Gasteiger partial charge on any atom is -0.408 e. The van der Waals surface area contributed by atoms with Gasteiger partial charge in [0.05, 0.1) is 5.69 Å². The number of aromatic nitrogens is 4. The fraction of sp³-hybridized carbons (Fsp3) is 0.0909. The average molecular weight is 276 g/mol. The molecule has 0 saturated carbocycles. The van der Waals surface area contributed by atoms with E-state index in [1.54, 1.807) is 12.4 Å². The number of aryl methyl sites for hydroxylation is 1. The standard InChI is InChI=1S/C11H8N4OS2/c1-6-8(9-14-15-11(17)16-9)18-10(13-6)7-2-4-12-5-3-7/h2-5H,1H3,(H,15,17). The molecule has 0 fully saturated rings. The summed E-state index contributed by atoms with van der Waals surface area (Å²) in [5.41, 5.74) is 1.90. The van der Waals surface area contributed by atoms with E-state index < -0.39 is 0 Å². The highest BCUT2D eigenvalue weighted by atomic mass is 32.1. The zero-order chi connectivity index (χ0) is 12.5. The highest BCUT2D eigenvalue weighted by Gasteiger charge is 2.15. The first-order valence-electron chi connectivity index (χ1n) is 5.18. The minimum absolute atomic E-state index is 0.267. The Kier molecular flexibility index (Phi) is 2.77. The molecule has 7 heteroatoms. The van der Waals surface area contributed by atoms with Crippen LogP contribution >= 0.6 is 23.6 Å². The molecule has 0 aliphatic heterocycles. The lowest BCUT2D eigenvalue weighted by Gasteiger charge is -1.92. The van der Waals surface area contributed by atoms with Crippen LogP contribution < -0.4 is 0 Å². The van der Waals surface area contributed by atoms with E-state index in [0.29, 0.717) is 5.89 Å². The second-order valence-electron chi connectivity index (χ2n) is 3.59. The highest BCUT2D eigenvalue weighted by molar-refractivity contribution is 7.71. The monoisotopic (exact) mass is 276 g/mol. The molecule has 90 valence electrons. The van der Waals surface area contributed by atoms with E-state index in [1.165, 1.54) is 11.3 Å². The molecule has 0 aliphatic rings. The highest BCUT2D eigenvalue weighted by Crippen LogP contribution is 2.33. The number of thiazole rings is 1. The van der Waals surface area contributed by atoms with E-state index in [0.717, 1.165) is 21.1 Å². The third-order valence-corrected chi connectivity index (χ3v) is 3.73. The lowest BCUT2D eigenvalue weighted by molar-refractivity contribution is 0.553. The second kappa shape index (κ2) is 4.43. The molecule has 0 spiro atoms. The maximum Gasteiger partial charge on any atom is 0.284 e. The smallest absolute Gasteiger partial charge is 0.284 e. The van der Waals surface area contributed by atoms with Crippen LogP contribution in [0.4, 0.5) is 0 Å². The molecular formula is C11H8N4OS2. The van der Waals surface area contributed by atoms with Gasteiger partial charge in [-0.05, 0) is 31.3 Å². The summed E-state index contributed by atoms with van der Waals surface area (Å²) < 4.78 is 5.31. The summed E-state index contributed by atoms with van der Waals surface area (Å²) in [6, 6.07) is 3.84. The van der Waals surface area contributed by atoms with Crippen molar-refractivity contribution >= 4 is 23.6 Å². The Morgan fingerprint density at radius 2 is 2.11 bits per heavy atom. The van der Waals surface area contributed by atoms with Gasteiger partial charge in [0.15, 0.2) is 0 Å². The fourth-order valence-electron chi connectivity index (χ4n) is 1.54. The predicted octanol–water partition coefficient (Wildman–Crippen LogP) is 3.23. The molecule has 3 heterocycles. The zero-order valence-electron chi connectivity index (χ0n) is 9.38. The Hall–Kier alpha value is -1.86. The Bertz CT molecular complexity index is 729. The molecule has 0 radical (unpaired) electrons. The van der Waals surface area contributed by atoms with Gasteiger partial charge in [-0.2, -0.15) is 0 Å². The van der Waals surface area contributed by atoms with Crippen molar-refractivity contribution in [1.82, 2.24) is 20.2 Å². The molecular weight excluding hydrogens is 268 g/mol. The van der Waals surface area contributed by atoms with Crippen molar-refractivity contribution in [2.75, 3.05) is 0 Å². The third kappa shape index (κ3) is 1.98. The molecule has 0 atom stereocenters. The van der Waals surface area contributed by atoms with Gasteiger partial charge in [-0.15, -0.1) is 16.4 Å². The summed E-state index contributed by atoms with van der Waals surface area (Å²) in [5.74, 6) is 0.482. The van der Waals surface area contributed by atoms with Crippen molar-refractivity contribution < 1.29 is 4.42 Å². The van der Waals surface area contributed by atoms with Crippen molar-refractivity contribution in [3.63, 3.8) is 0 Å². The van der Waals surface area contributed by atoms with Crippen LogP contribution in [0.15, 0.2) is 28.9 Å². The molecule has 0 bridgehead atoms. The van der Waals surface area contributed by atoms with Crippen molar-refractivity contribution in [3.05, 3.63) is 35.1 Å². The van der Waals surface area contributed by atoms with Gasteiger partial charge in [-0.1, -0.05) is 0 Å². The van der Waals surface area contributed by atoms with Gasteiger partial charge >= 0.3 is 0 Å². The van der Waals surface area contributed by atoms with Crippen LogP contribution in [0.5, 0.6) is 0 Å². The lowest BCUT2D eigenvalue weighted by atomic mass is 10.3. The Labute approximate surface area is 112 Å². The Morgan fingerprint density at radius 3 is 2.78 bits per heavy atom. The molecule has 1 N–H and O–H groups in total. The van der Waals surface area contributed by atoms with Crippen LogP contribution in [0.3, 0.4) is 0 Å². The van der Waals surface area contributed by atoms with Crippen molar-refractivity contribution in [3.8, 4) is 21.3 Å². The van der Waals surface area contributed by atoms with Crippen molar-refractivity contribution in [1.29, 1.82) is 0 Å². The lowest BCUT2D eigenvalue weighted by Crippen LogP contribution is -1.79. The quantitative estimate of drug-likeness (QED) is 0.728. The van der Waals surface area contributed by atoms with Crippen LogP contribution in [0.1, 0.15) is 5.69 Å². The van der Waals surface area contributed by atoms with E-state index in [2.05, 4.69) is 20.2 Å². The molecule has 0 unspecified atom stereocenters. The van der Waals surface area contributed by atoms with Crippen LogP contribution in [0.2, 0.25) is 0 Å². The van der Waals surface area contributed by atoms with Crippen LogP contribution in [0.25, 0.3) is 21.3 Å². The molecule has 3 aromatic heterocycles. The van der Waals surface area contributed by atoms with Gasteiger partial charge in [0.1, 0.15) is 9.88 Å². The van der Waals surface area contributed by atoms with Gasteiger partial charge in [0, 0.05) is 18.0 Å². The topological polar surface area (TPSA) is 67.6 Å². The first-order valence-corrected chi connectivity index (χ1v) is 6.40. The largest absolute Gasteiger partial charge is 0.408 e. The van der Waals surface area contributed by atoms with E-state index >= 15 is 0 Å². The first kappa shape index (κ1) is 11.2. The van der Waals surface area contributed by atoms with E-state index in [4.69, 9.17) is 16.6 Å². The van der Waals surface area contributed by atoms with Gasteiger partial charge < -0.3 is 4.42 Å². The number of nitrogens with zero attached hydrogens (tertiary/aromatic N) is 3. The normalized spacial score (nSPS) is 10.7. The average Bonchev–Trinajstić information content (AvgIpc) is 2.97. The number of H-pyrrole nitrogens is 1. The minimum atomic E-state index is 0.267. The number of pyridine rings is 1. The maximum absolute atomic E-state index is 5.31. The summed E-state index contributed by atoms with van der Waals surface area (Å²) in [5, 5.41) is 7.54. The Morgan fingerprint density at radius 1 is 1.33 bits per heavy atom. The molecule has 0 aromatic carbocycles. The molecule has 3 rings (SSSR count). The second-order valence-corrected chi connectivity index (χ2v) is 4.96. The van der Waals surface area contributed by atoms with Gasteiger partial charge in [0.2, 0.25) is 0 Å². The van der Waals surface area contributed by atoms with Crippen molar-refractivity contribution in [2.24, 2.45) is 0 Å². The van der Waals surface area contributed by atoms with Gasteiger partial charge in [0.25, 0.3) is 10.7 Å². The predicted molar refractivity (Wildman–Crippen MR) is 70.8 cm³/mol. The number of hydrogen-bond donors (Lipinski definition) is 1. The molecule has 0 saturated heterocycles. The molecule has 0 amide bonds. The number of rotatable bonds is 2. The number of hydrogen-bond acceptors (Lipinski definition) is 6. The summed E-state index contributed by atoms with van der Waals surface area (Å²) in [6.07, 6.45) is 3.48. The maximum atomic E-state index is 5.31. The van der Waals surface area contributed by atoms with E-state index in [1.807, 2.05) is 19.1 Å². The van der Waals surface area contributed by atoms with Gasteiger partial charge in [-0.3, -0.25) is 4.98 Å². The fourth-order valence-corrected chi connectivity index (χ4v) is 2.66. The zero-order valence-corrected chi connectivity index (χ0v) is 11.0. The third-order valence-electron chi connectivity index (χ3n) is 2.36. The number of aromatic amines is 1. The summed E-state index contributed by atoms with van der Waals surface area (Å²) in [6.45, 7) is 1.92. The number of nitrogens with one attached hydrogen (secondary N) is 1. The molecule has 18 heavy (non-hydrogen) atoms. The van der Waals surface area contributed by atoms with Crippen LogP contribution in [-0.2, 0) is 0 Å². The summed E-state index contributed by atoms with van der Waals surface area (Å²) in [4.78, 5) is 9.65. The molecule has 3 aromatic rings. The van der Waals surface area contributed by atoms with Crippen molar-refractivity contribution in [2.45, 2.75) is 6.92 Å². The van der Waals surface area contributed by atoms with Crippen LogP contribution in [-0.4, -0.2) is 20.2 Å². The van der Waals surface area contributed by atoms with E-state index in [9.17, 15) is 0 Å². The first-order chi connectivity index (χ1) is 8.74. The van der Waals surface area contributed by atoms with E-state index in [-0.39, 0.29) is 4.84 Å². The summed E-state index contributed by atoms with van der Waals surface area (Å²) >= 11 is 6.39. The molecule has 0 aliphatic carbocycles. The summed E-state index contributed by atoms with van der Waals surface area (Å²) in [7, 11) is 0. The van der Waals surface area contributed by atoms with Crippen LogP contribution in [0, 0.1) is 11.8 Å². The Balaban J connectivity index is 2.09.